The van der Waals surface area contributed by atoms with Crippen molar-refractivity contribution < 1.29 is 39.1 Å². The predicted octanol–water partition coefficient (Wildman–Crippen LogP) is 3.58. The molecule has 0 radical (unpaired) electrons. The fourth-order valence-corrected chi connectivity index (χ4v) is 6.28. The van der Waals surface area contributed by atoms with Crippen molar-refractivity contribution in [1.82, 2.24) is 29.6 Å². The fraction of sp³-hybridized carbons (Fsp3) is 0.259. The number of azo groups is 1. The first-order chi connectivity index (χ1) is 22.7. The Hall–Kier alpha value is -5.21. The molecular formula is C27H28N10O9S3. The molecule has 0 aliphatic rings. The molecule has 0 fully saturated rings. The van der Waals surface area contributed by atoms with Crippen LogP contribution in [0.25, 0.3) is 11.3 Å². The Morgan fingerprint density at radius 1 is 1.00 bits per heavy atom. The van der Waals surface area contributed by atoms with Gasteiger partial charge in [0.2, 0.25) is 15.7 Å². The van der Waals surface area contributed by atoms with Crippen molar-refractivity contribution in [3.05, 3.63) is 65.2 Å². The van der Waals surface area contributed by atoms with Crippen LogP contribution in [0.5, 0.6) is 5.75 Å². The zero-order chi connectivity index (χ0) is 36.1. The molecule has 0 aliphatic carbocycles. The second-order valence-corrected chi connectivity index (χ2v) is 16.2. The average molecular weight is 733 g/mol. The Morgan fingerprint density at radius 2 is 1.67 bits per heavy atom. The van der Waals surface area contributed by atoms with E-state index < -0.39 is 51.2 Å². The predicted molar refractivity (Wildman–Crippen MR) is 172 cm³/mol. The molecule has 5 rings (SSSR count). The van der Waals surface area contributed by atoms with E-state index in [-0.39, 0.29) is 40.8 Å². The zero-order valence-electron chi connectivity index (χ0n) is 26.3. The van der Waals surface area contributed by atoms with Crippen LogP contribution in [0.2, 0.25) is 0 Å². The molecule has 5 aromatic rings. The third-order valence-corrected chi connectivity index (χ3v) is 9.08. The van der Waals surface area contributed by atoms with Crippen LogP contribution >= 0.6 is 0 Å². The van der Waals surface area contributed by atoms with E-state index in [9.17, 15) is 39.6 Å². The Labute approximate surface area is 279 Å². The van der Waals surface area contributed by atoms with Crippen molar-refractivity contribution in [3.63, 3.8) is 0 Å². The van der Waals surface area contributed by atoms with E-state index in [0.717, 1.165) is 29.1 Å². The van der Waals surface area contributed by atoms with Gasteiger partial charge in [0, 0.05) is 11.1 Å². The smallest absolute Gasteiger partial charge is 0.296 e. The van der Waals surface area contributed by atoms with Crippen LogP contribution < -0.4 is 9.46 Å². The summed E-state index contributed by atoms with van der Waals surface area (Å²) in [4.78, 5) is 3.01. The van der Waals surface area contributed by atoms with Gasteiger partial charge in [-0.2, -0.15) is 31.8 Å². The maximum atomic E-state index is 12.2. The van der Waals surface area contributed by atoms with Crippen LogP contribution in [-0.4, -0.2) is 70.2 Å². The molecule has 0 atom stereocenters. The summed E-state index contributed by atoms with van der Waals surface area (Å²) in [5.41, 5.74) is 0.0445. The summed E-state index contributed by atoms with van der Waals surface area (Å²) in [7, 11) is -13.3. The van der Waals surface area contributed by atoms with Gasteiger partial charge < -0.3 is 4.74 Å². The minimum atomic E-state index is -4.97. The van der Waals surface area contributed by atoms with Crippen LogP contribution in [-0.2, 0) is 42.3 Å². The molecule has 258 valence electrons. The Bertz CT molecular complexity index is 2500. The van der Waals surface area contributed by atoms with Crippen LogP contribution in [0.15, 0.2) is 62.5 Å². The molecule has 0 amide bonds. The lowest BCUT2D eigenvalue weighted by Gasteiger charge is -2.16. The lowest BCUT2D eigenvalue weighted by molar-refractivity contribution is 0.295. The van der Waals surface area contributed by atoms with Crippen molar-refractivity contribution in [3.8, 4) is 17.5 Å². The van der Waals surface area contributed by atoms with Crippen molar-refractivity contribution in [1.29, 1.82) is 5.26 Å². The van der Waals surface area contributed by atoms with E-state index in [1.807, 2.05) is 26.8 Å². The largest absolute Gasteiger partial charge is 0.486 e. The van der Waals surface area contributed by atoms with Crippen LogP contribution in [0.1, 0.15) is 43.5 Å². The molecule has 4 N–H and O–H groups in total. The highest BCUT2D eigenvalue weighted by atomic mass is 32.2. The normalized spacial score (nSPS) is 12.9. The minimum absolute atomic E-state index is 0.0623. The minimum Gasteiger partial charge on any atom is -0.486 e. The van der Waals surface area contributed by atoms with Crippen LogP contribution in [0.4, 0.5) is 17.2 Å². The number of rotatable bonds is 10. The third-order valence-electron chi connectivity index (χ3n) is 6.72. The molecule has 19 nitrogen and oxygen atoms in total. The molecule has 2 aromatic carbocycles. The van der Waals surface area contributed by atoms with Gasteiger partial charge in [-0.25, -0.2) is 18.1 Å². The van der Waals surface area contributed by atoms with E-state index in [1.165, 1.54) is 23.7 Å². The second-order valence-electron chi connectivity index (χ2n) is 11.6. The van der Waals surface area contributed by atoms with E-state index in [4.69, 9.17) is 4.74 Å². The topological polar surface area (TPSA) is 276 Å². The Balaban J connectivity index is 1.57. The van der Waals surface area contributed by atoms with E-state index >= 15 is 0 Å². The number of nitrogens with zero attached hydrogens (tertiary/aromatic N) is 8. The highest BCUT2D eigenvalue weighted by Gasteiger charge is 2.28. The second kappa shape index (κ2) is 12.3. The molecule has 3 heterocycles. The molecular weight excluding hydrogens is 705 g/mol. The van der Waals surface area contributed by atoms with Gasteiger partial charge in [-0.1, -0.05) is 20.8 Å². The van der Waals surface area contributed by atoms with Crippen molar-refractivity contribution in [2.24, 2.45) is 10.2 Å². The maximum absolute atomic E-state index is 12.2. The average Bonchev–Trinajstić information content (AvgIpc) is 3.63. The van der Waals surface area contributed by atoms with Gasteiger partial charge >= 0.3 is 0 Å². The number of nitriles is 1. The van der Waals surface area contributed by atoms with E-state index in [1.54, 1.807) is 12.1 Å². The van der Waals surface area contributed by atoms with Crippen LogP contribution in [0, 0.1) is 18.3 Å². The summed E-state index contributed by atoms with van der Waals surface area (Å²) in [6.07, 6.45) is 1.03. The lowest BCUT2D eigenvalue weighted by atomic mass is 9.91. The quantitative estimate of drug-likeness (QED) is 0.118. The first-order valence-corrected chi connectivity index (χ1v) is 18.6. The van der Waals surface area contributed by atoms with Gasteiger partial charge in [0.05, 0.1) is 28.2 Å². The molecule has 22 heteroatoms. The number of ether oxygens (including phenoxy) is 1. The SMILES string of the molecule is Cc1nn(-c2cc(S(=O)(=O)O)ccc2S(=O)(=O)O)c(N=Nc2c(C(C)(C)C)[nH]n3nc(COc4ccc(NS(C)(=O)=O)cc4)nc23)c1C#N. The summed E-state index contributed by atoms with van der Waals surface area (Å²) in [5.74, 6) is 0.302. The van der Waals surface area contributed by atoms with Gasteiger partial charge in [-0.3, -0.25) is 18.9 Å². The zero-order valence-corrected chi connectivity index (χ0v) is 28.8. The highest BCUT2D eigenvalue weighted by molar-refractivity contribution is 7.92. The third kappa shape index (κ3) is 7.60. The highest BCUT2D eigenvalue weighted by Crippen LogP contribution is 2.37. The van der Waals surface area contributed by atoms with Crippen molar-refractivity contribution in [2.75, 3.05) is 11.0 Å². The lowest BCUT2D eigenvalue weighted by Crippen LogP contribution is -2.13. The van der Waals surface area contributed by atoms with Gasteiger partial charge in [-0.05, 0) is 49.4 Å². The summed E-state index contributed by atoms with van der Waals surface area (Å²) in [6, 6.07) is 10.4. The maximum Gasteiger partial charge on any atom is 0.296 e. The number of benzene rings is 2. The summed E-state index contributed by atoms with van der Waals surface area (Å²) in [5, 5.41) is 30.2. The van der Waals surface area contributed by atoms with Crippen molar-refractivity contribution >= 4 is 53.1 Å². The summed E-state index contributed by atoms with van der Waals surface area (Å²) in [6.45, 7) is 6.94. The number of anilines is 1. The standard InChI is InChI=1S/C27H28N10O9S3/c1-15-19(13-28)25(36(32-15)20-12-18(48(40,41)42)10-11-21(20)49(43,44)45)31-30-23-24(27(2,3)4)34-37-26(23)29-22(33-37)14-46-17-8-6-16(7-9-17)35-47(5,38)39/h6-12,34-35H,14H2,1-5H3,(H,40,41,42)(H,43,44,45). The number of fused-ring (bicyclic) bond motifs is 1. The van der Waals surface area contributed by atoms with Gasteiger partial charge in [0.1, 0.15) is 28.9 Å². The number of aryl methyl sites for hydroxylation is 1. The molecule has 3 aromatic heterocycles. The first kappa shape index (κ1) is 35.1. The monoisotopic (exact) mass is 732 g/mol. The Kier molecular flexibility index (Phi) is 8.85. The molecule has 0 saturated heterocycles. The molecule has 0 unspecified atom stereocenters. The molecule has 49 heavy (non-hydrogen) atoms. The van der Waals surface area contributed by atoms with Gasteiger partial charge in [-0.15, -0.1) is 15.3 Å². The molecule has 0 spiro atoms. The molecule has 0 aliphatic heterocycles. The number of H-pyrrole nitrogens is 1. The van der Waals surface area contributed by atoms with Crippen LogP contribution in [0.3, 0.4) is 0 Å². The Morgan fingerprint density at radius 3 is 2.24 bits per heavy atom. The number of aromatic nitrogens is 6. The molecule has 0 bridgehead atoms. The summed E-state index contributed by atoms with van der Waals surface area (Å²) < 4.78 is 101. The fourth-order valence-electron chi connectivity index (χ4n) is 4.56. The first-order valence-electron chi connectivity index (χ1n) is 13.9. The van der Waals surface area contributed by atoms with E-state index in [2.05, 4.69) is 35.2 Å². The van der Waals surface area contributed by atoms with Gasteiger partial charge in [0.15, 0.2) is 17.3 Å². The number of nitrogens with one attached hydrogen (secondary N) is 2. The number of hydrogen-bond donors (Lipinski definition) is 4. The number of sulfonamides is 1. The molecule has 0 saturated carbocycles. The summed E-state index contributed by atoms with van der Waals surface area (Å²) >= 11 is 0. The van der Waals surface area contributed by atoms with Gasteiger partial charge in [0.25, 0.3) is 20.2 Å². The number of aromatic amines is 1. The number of hydrogen-bond acceptors (Lipinski definition) is 13. The van der Waals surface area contributed by atoms with Crippen molar-refractivity contribution in [2.45, 2.75) is 49.5 Å². The van der Waals surface area contributed by atoms with E-state index in [0.29, 0.717) is 17.1 Å².